The van der Waals surface area contributed by atoms with Crippen molar-refractivity contribution in [2.45, 2.75) is 38.7 Å². The zero-order valence-electron chi connectivity index (χ0n) is 8.59. The topological polar surface area (TPSA) is 21.3 Å². The Morgan fingerprint density at radius 3 is 3.08 bits per heavy atom. The molecule has 76 valence electrons. The Kier molecular flexibility index (Phi) is 5.87. The normalized spacial score (nSPS) is 23.0. The summed E-state index contributed by atoms with van der Waals surface area (Å²) in [5, 5.41) is 3.29. The van der Waals surface area contributed by atoms with Gasteiger partial charge in [0.25, 0.3) is 0 Å². The fourth-order valence-electron chi connectivity index (χ4n) is 1.56. The molecule has 1 heterocycles. The van der Waals surface area contributed by atoms with Crippen LogP contribution in [0.4, 0.5) is 0 Å². The smallest absolute Gasteiger partial charge is 0.0610 e. The van der Waals surface area contributed by atoms with E-state index in [9.17, 15) is 0 Å². The fourth-order valence-corrected chi connectivity index (χ4v) is 1.56. The van der Waals surface area contributed by atoms with E-state index in [1.54, 1.807) is 0 Å². The molecule has 1 atom stereocenters. The molecule has 13 heavy (non-hydrogen) atoms. The first-order chi connectivity index (χ1) is 6.43. The first-order valence-electron chi connectivity index (χ1n) is 5.40. The van der Waals surface area contributed by atoms with Crippen molar-refractivity contribution < 1.29 is 4.74 Å². The molecule has 1 unspecified atom stereocenters. The Hall–Kier alpha value is -0.340. The molecule has 1 N–H and O–H groups in total. The minimum Gasteiger partial charge on any atom is -0.378 e. The second kappa shape index (κ2) is 7.10. The van der Waals surface area contributed by atoms with Crippen molar-refractivity contribution in [3.63, 3.8) is 0 Å². The molecule has 0 saturated carbocycles. The molecule has 1 fully saturated rings. The van der Waals surface area contributed by atoms with Gasteiger partial charge in [0.1, 0.15) is 0 Å². The molecule has 0 aromatic heterocycles. The largest absolute Gasteiger partial charge is 0.378 e. The molecular weight excluding hydrogens is 162 g/mol. The third-order valence-electron chi connectivity index (χ3n) is 2.33. The van der Waals surface area contributed by atoms with Gasteiger partial charge in [0.2, 0.25) is 0 Å². The Balaban J connectivity index is 1.91. The molecule has 1 aliphatic rings. The summed E-state index contributed by atoms with van der Waals surface area (Å²) in [6, 6.07) is 0. The molecule has 0 aromatic carbocycles. The number of ether oxygens (including phenoxy) is 1. The average molecular weight is 183 g/mol. The van der Waals surface area contributed by atoms with Gasteiger partial charge in [0.05, 0.1) is 6.10 Å². The maximum absolute atomic E-state index is 5.51. The van der Waals surface area contributed by atoms with E-state index in [-0.39, 0.29) is 0 Å². The van der Waals surface area contributed by atoms with Crippen LogP contribution in [0.15, 0.2) is 12.2 Å². The summed E-state index contributed by atoms with van der Waals surface area (Å²) in [7, 11) is 0. The van der Waals surface area contributed by atoms with Crippen molar-refractivity contribution in [3.8, 4) is 0 Å². The minimum atomic E-state index is 0.510. The van der Waals surface area contributed by atoms with Crippen molar-refractivity contribution in [3.05, 3.63) is 12.2 Å². The maximum atomic E-state index is 5.51. The van der Waals surface area contributed by atoms with Crippen LogP contribution in [0.1, 0.15) is 32.6 Å². The molecule has 2 heteroatoms. The van der Waals surface area contributed by atoms with E-state index >= 15 is 0 Å². The van der Waals surface area contributed by atoms with Gasteiger partial charge in [-0.05, 0) is 38.8 Å². The molecule has 0 aromatic rings. The Labute approximate surface area is 81.4 Å². The zero-order chi connectivity index (χ0) is 9.36. The van der Waals surface area contributed by atoms with Crippen LogP contribution in [-0.4, -0.2) is 25.8 Å². The molecule has 0 radical (unpaired) electrons. The first-order valence-corrected chi connectivity index (χ1v) is 5.40. The standard InChI is InChI=1S/C11H21NO/c1-2-12-9-5-3-4-7-11-8-6-10-13-11/h3-4,11-12H,2,5-10H2,1H3. The Morgan fingerprint density at radius 2 is 2.38 bits per heavy atom. The predicted octanol–water partition coefficient (Wildman–Crippen LogP) is 2.11. The van der Waals surface area contributed by atoms with E-state index in [0.29, 0.717) is 6.10 Å². The number of hydrogen-bond acceptors (Lipinski definition) is 2. The number of rotatable bonds is 6. The van der Waals surface area contributed by atoms with Crippen LogP contribution in [0.3, 0.4) is 0 Å². The molecular formula is C11H21NO. The molecule has 0 bridgehead atoms. The van der Waals surface area contributed by atoms with E-state index in [4.69, 9.17) is 4.74 Å². The minimum absolute atomic E-state index is 0.510. The molecule has 1 aliphatic heterocycles. The summed E-state index contributed by atoms with van der Waals surface area (Å²) in [5.74, 6) is 0. The van der Waals surface area contributed by atoms with Gasteiger partial charge < -0.3 is 10.1 Å². The van der Waals surface area contributed by atoms with E-state index in [0.717, 1.165) is 32.5 Å². The highest BCUT2D eigenvalue weighted by Crippen LogP contribution is 2.15. The van der Waals surface area contributed by atoms with E-state index in [1.165, 1.54) is 12.8 Å². The summed E-state index contributed by atoms with van der Waals surface area (Å²) in [5.41, 5.74) is 0. The van der Waals surface area contributed by atoms with Crippen molar-refractivity contribution in [1.82, 2.24) is 5.32 Å². The predicted molar refractivity (Wildman–Crippen MR) is 55.9 cm³/mol. The second-order valence-corrected chi connectivity index (χ2v) is 3.48. The van der Waals surface area contributed by atoms with Crippen LogP contribution in [0, 0.1) is 0 Å². The quantitative estimate of drug-likeness (QED) is 0.503. The first kappa shape index (κ1) is 10.7. The highest BCUT2D eigenvalue weighted by molar-refractivity contribution is 4.86. The highest BCUT2D eigenvalue weighted by Gasteiger charge is 2.12. The van der Waals surface area contributed by atoms with Gasteiger partial charge in [-0.3, -0.25) is 0 Å². The summed E-state index contributed by atoms with van der Waals surface area (Å²) < 4.78 is 5.51. The lowest BCUT2D eigenvalue weighted by Gasteiger charge is -2.04. The summed E-state index contributed by atoms with van der Waals surface area (Å²) in [6.07, 6.45) is 9.76. The van der Waals surface area contributed by atoms with Gasteiger partial charge in [-0.15, -0.1) is 0 Å². The lowest BCUT2D eigenvalue weighted by atomic mass is 10.1. The molecule has 0 amide bonds. The van der Waals surface area contributed by atoms with Crippen LogP contribution in [-0.2, 0) is 4.74 Å². The fraction of sp³-hybridized carbons (Fsp3) is 0.818. The molecule has 0 aliphatic carbocycles. The van der Waals surface area contributed by atoms with Crippen LogP contribution in [0.25, 0.3) is 0 Å². The summed E-state index contributed by atoms with van der Waals surface area (Å²) >= 11 is 0. The molecule has 1 rings (SSSR count). The van der Waals surface area contributed by atoms with E-state index in [2.05, 4.69) is 24.4 Å². The summed E-state index contributed by atoms with van der Waals surface area (Å²) in [6.45, 7) is 5.27. The van der Waals surface area contributed by atoms with Crippen molar-refractivity contribution in [2.75, 3.05) is 19.7 Å². The monoisotopic (exact) mass is 183 g/mol. The van der Waals surface area contributed by atoms with Crippen molar-refractivity contribution in [1.29, 1.82) is 0 Å². The van der Waals surface area contributed by atoms with Gasteiger partial charge >= 0.3 is 0 Å². The maximum Gasteiger partial charge on any atom is 0.0610 e. The Morgan fingerprint density at radius 1 is 1.46 bits per heavy atom. The third kappa shape index (κ3) is 5.06. The molecule has 0 spiro atoms. The van der Waals surface area contributed by atoms with E-state index in [1.807, 2.05) is 0 Å². The number of hydrogen-bond donors (Lipinski definition) is 1. The van der Waals surface area contributed by atoms with Crippen molar-refractivity contribution in [2.24, 2.45) is 0 Å². The molecule has 1 saturated heterocycles. The average Bonchev–Trinajstić information content (AvgIpc) is 2.63. The van der Waals surface area contributed by atoms with Gasteiger partial charge in [0.15, 0.2) is 0 Å². The zero-order valence-corrected chi connectivity index (χ0v) is 8.59. The van der Waals surface area contributed by atoms with Crippen LogP contribution in [0.5, 0.6) is 0 Å². The van der Waals surface area contributed by atoms with Gasteiger partial charge in [-0.25, -0.2) is 0 Å². The van der Waals surface area contributed by atoms with Crippen LogP contribution in [0.2, 0.25) is 0 Å². The van der Waals surface area contributed by atoms with Gasteiger partial charge in [-0.1, -0.05) is 19.1 Å². The van der Waals surface area contributed by atoms with Crippen LogP contribution < -0.4 is 5.32 Å². The number of nitrogens with one attached hydrogen (secondary N) is 1. The lowest BCUT2D eigenvalue weighted by molar-refractivity contribution is 0.113. The van der Waals surface area contributed by atoms with Gasteiger partial charge in [0, 0.05) is 6.61 Å². The SMILES string of the molecule is CCNCCC=CCC1CCCO1. The van der Waals surface area contributed by atoms with E-state index < -0.39 is 0 Å². The Bertz CT molecular complexity index is 139. The molecule has 2 nitrogen and oxygen atoms in total. The van der Waals surface area contributed by atoms with Crippen molar-refractivity contribution >= 4 is 0 Å². The van der Waals surface area contributed by atoms with Crippen LogP contribution >= 0.6 is 0 Å². The highest BCUT2D eigenvalue weighted by atomic mass is 16.5. The second-order valence-electron chi connectivity index (χ2n) is 3.48. The van der Waals surface area contributed by atoms with Gasteiger partial charge in [-0.2, -0.15) is 0 Å². The summed E-state index contributed by atoms with van der Waals surface area (Å²) in [4.78, 5) is 0. The third-order valence-corrected chi connectivity index (χ3v) is 2.33. The lowest BCUT2D eigenvalue weighted by Crippen LogP contribution is -2.12.